The maximum absolute atomic E-state index is 14.1. The molecular weight excluding hydrogens is 345 g/mol. The van der Waals surface area contributed by atoms with Crippen LogP contribution in [0.1, 0.15) is 12.0 Å². The van der Waals surface area contributed by atoms with Gasteiger partial charge in [0.2, 0.25) is 0 Å². The lowest BCUT2D eigenvalue weighted by atomic mass is 10.1. The van der Waals surface area contributed by atoms with Crippen molar-refractivity contribution in [2.24, 2.45) is 0 Å². The number of nitrogens with one attached hydrogen (secondary N) is 1. The summed E-state index contributed by atoms with van der Waals surface area (Å²) in [5.41, 5.74) is 0.458. The molecule has 0 amide bonds. The van der Waals surface area contributed by atoms with Gasteiger partial charge in [0.25, 0.3) is 0 Å². The third-order valence-corrected chi connectivity index (χ3v) is 4.90. The van der Waals surface area contributed by atoms with E-state index in [1.807, 2.05) is 19.0 Å². The Morgan fingerprint density at radius 1 is 1.04 bits per heavy atom. The van der Waals surface area contributed by atoms with Crippen molar-refractivity contribution in [2.45, 2.75) is 24.3 Å². The van der Waals surface area contributed by atoms with E-state index >= 15 is 0 Å². The molecule has 0 aliphatic carbocycles. The predicted octanol–water partition coefficient (Wildman–Crippen LogP) is 4.94. The highest BCUT2D eigenvalue weighted by molar-refractivity contribution is 7.99. The first-order valence-electron chi connectivity index (χ1n) is 8.10. The highest BCUT2D eigenvalue weighted by Crippen LogP contribution is 2.25. The molecule has 0 saturated carbocycles. The smallest absolute Gasteiger partial charge is 0.149 e. The second-order valence-corrected chi connectivity index (χ2v) is 7.40. The third-order valence-electron chi connectivity index (χ3n) is 3.72. The van der Waals surface area contributed by atoms with E-state index in [0.717, 1.165) is 17.9 Å². The van der Waals surface area contributed by atoms with Gasteiger partial charge >= 0.3 is 0 Å². The molecule has 2 nitrogen and oxygen atoms in total. The number of rotatable bonds is 8. The maximum atomic E-state index is 14.1. The van der Waals surface area contributed by atoms with Crippen molar-refractivity contribution in [3.8, 4) is 0 Å². The largest absolute Gasteiger partial charge is 0.377 e. The van der Waals surface area contributed by atoms with E-state index in [4.69, 9.17) is 0 Å². The van der Waals surface area contributed by atoms with E-state index in [2.05, 4.69) is 5.32 Å². The first kappa shape index (κ1) is 19.7. The number of aryl methyl sites for hydroxylation is 1. The van der Waals surface area contributed by atoms with Gasteiger partial charge in [-0.25, -0.2) is 13.2 Å². The van der Waals surface area contributed by atoms with E-state index in [1.54, 1.807) is 19.1 Å². The van der Waals surface area contributed by atoms with Gasteiger partial charge in [0.05, 0.1) is 0 Å². The minimum absolute atomic E-state index is 0.0888. The summed E-state index contributed by atoms with van der Waals surface area (Å²) in [4.78, 5) is 2.95. The van der Waals surface area contributed by atoms with Gasteiger partial charge in [0.15, 0.2) is 0 Å². The zero-order valence-electron chi connectivity index (χ0n) is 14.7. The average Bonchev–Trinajstić information content (AvgIpc) is 2.54. The summed E-state index contributed by atoms with van der Waals surface area (Å²) >= 11 is 1.53. The first-order valence-corrected chi connectivity index (χ1v) is 9.09. The number of hydrogen-bond donors (Lipinski definition) is 1. The Balaban J connectivity index is 2.08. The van der Waals surface area contributed by atoms with Crippen LogP contribution in [0.2, 0.25) is 0 Å². The molecule has 0 aliphatic heterocycles. The second-order valence-electron chi connectivity index (χ2n) is 6.30. The SMILES string of the molecule is Cc1cc(F)c(N[C@H](CCN(C)C)CSc2ccc(F)cc2)c(F)c1. The van der Waals surface area contributed by atoms with Crippen molar-refractivity contribution in [1.82, 2.24) is 4.90 Å². The summed E-state index contributed by atoms with van der Waals surface area (Å²) in [5.74, 6) is -0.833. The lowest BCUT2D eigenvalue weighted by molar-refractivity contribution is 0.391. The lowest BCUT2D eigenvalue weighted by Crippen LogP contribution is -2.28. The van der Waals surface area contributed by atoms with Gasteiger partial charge in [-0.3, -0.25) is 0 Å². The normalized spacial score (nSPS) is 12.4. The quantitative estimate of drug-likeness (QED) is 0.665. The number of anilines is 1. The Labute approximate surface area is 151 Å². The van der Waals surface area contributed by atoms with E-state index in [9.17, 15) is 13.2 Å². The van der Waals surface area contributed by atoms with Gasteiger partial charge in [-0.2, -0.15) is 0 Å². The van der Waals surface area contributed by atoms with Crippen LogP contribution in [-0.2, 0) is 0 Å². The number of thioether (sulfide) groups is 1. The molecule has 6 heteroatoms. The van der Waals surface area contributed by atoms with Gasteiger partial charge in [0.1, 0.15) is 23.1 Å². The molecule has 0 saturated heterocycles. The molecule has 0 radical (unpaired) electrons. The van der Waals surface area contributed by atoms with E-state index < -0.39 is 11.6 Å². The molecule has 2 aromatic rings. The van der Waals surface area contributed by atoms with Crippen LogP contribution >= 0.6 is 11.8 Å². The standard InChI is InChI=1S/C19H23F3N2S/c1-13-10-17(21)19(18(22)11-13)23-15(8-9-24(2)3)12-25-16-6-4-14(20)5-7-16/h4-7,10-11,15,23H,8-9,12H2,1-3H3/t15-/m1/s1. The van der Waals surface area contributed by atoms with Gasteiger partial charge in [0, 0.05) is 16.7 Å². The van der Waals surface area contributed by atoms with Crippen molar-refractivity contribution >= 4 is 17.4 Å². The Kier molecular flexibility index (Phi) is 7.20. The Morgan fingerprint density at radius 2 is 1.64 bits per heavy atom. The lowest BCUT2D eigenvalue weighted by Gasteiger charge is -2.22. The summed E-state index contributed by atoms with van der Waals surface area (Å²) in [7, 11) is 3.91. The minimum Gasteiger partial charge on any atom is -0.377 e. The van der Waals surface area contributed by atoms with Crippen LogP contribution in [0, 0.1) is 24.4 Å². The summed E-state index contributed by atoms with van der Waals surface area (Å²) in [6.45, 7) is 2.45. The van der Waals surface area contributed by atoms with Crippen molar-refractivity contribution in [3.63, 3.8) is 0 Å². The molecule has 2 aromatic carbocycles. The van der Waals surface area contributed by atoms with Crippen molar-refractivity contribution in [1.29, 1.82) is 0 Å². The third kappa shape index (κ3) is 6.29. The Morgan fingerprint density at radius 3 is 2.20 bits per heavy atom. The fourth-order valence-electron chi connectivity index (χ4n) is 2.38. The van der Waals surface area contributed by atoms with Crippen molar-refractivity contribution in [3.05, 3.63) is 59.4 Å². The van der Waals surface area contributed by atoms with E-state index in [-0.39, 0.29) is 17.5 Å². The summed E-state index contributed by atoms with van der Waals surface area (Å²) in [5, 5.41) is 3.01. The second kappa shape index (κ2) is 9.15. The van der Waals surface area contributed by atoms with Crippen LogP contribution in [0.4, 0.5) is 18.9 Å². The number of benzene rings is 2. The fourth-order valence-corrected chi connectivity index (χ4v) is 3.35. The summed E-state index contributed by atoms with van der Waals surface area (Å²) < 4.78 is 41.2. The van der Waals surface area contributed by atoms with Crippen LogP contribution in [0.15, 0.2) is 41.3 Å². The van der Waals surface area contributed by atoms with E-state index in [0.29, 0.717) is 11.3 Å². The van der Waals surface area contributed by atoms with Gasteiger partial charge < -0.3 is 10.2 Å². The minimum atomic E-state index is -0.584. The molecule has 0 bridgehead atoms. The van der Waals surface area contributed by atoms with Crippen LogP contribution in [0.5, 0.6) is 0 Å². The predicted molar refractivity (Wildman–Crippen MR) is 98.8 cm³/mol. The molecule has 136 valence electrons. The highest BCUT2D eigenvalue weighted by Gasteiger charge is 2.16. The molecule has 0 spiro atoms. The Hall–Kier alpha value is -1.66. The summed E-state index contributed by atoms with van der Waals surface area (Å²) in [6, 6.07) is 8.74. The molecule has 25 heavy (non-hydrogen) atoms. The van der Waals surface area contributed by atoms with Gasteiger partial charge in [-0.1, -0.05) is 0 Å². The van der Waals surface area contributed by atoms with Crippen LogP contribution in [-0.4, -0.2) is 37.3 Å². The van der Waals surface area contributed by atoms with Crippen molar-refractivity contribution in [2.75, 3.05) is 31.7 Å². The van der Waals surface area contributed by atoms with E-state index in [1.165, 1.54) is 36.0 Å². The average molecular weight is 368 g/mol. The molecule has 0 fully saturated rings. The molecule has 0 heterocycles. The zero-order chi connectivity index (χ0) is 18.4. The monoisotopic (exact) mass is 368 g/mol. The fraction of sp³-hybridized carbons (Fsp3) is 0.368. The number of hydrogen-bond acceptors (Lipinski definition) is 3. The van der Waals surface area contributed by atoms with Crippen LogP contribution in [0.25, 0.3) is 0 Å². The van der Waals surface area contributed by atoms with Gasteiger partial charge in [-0.05, 0) is 75.9 Å². The molecule has 0 aromatic heterocycles. The molecule has 0 unspecified atom stereocenters. The Bertz CT molecular complexity index is 667. The molecular formula is C19H23F3N2S. The van der Waals surface area contributed by atoms with Crippen molar-refractivity contribution < 1.29 is 13.2 Å². The maximum Gasteiger partial charge on any atom is 0.149 e. The zero-order valence-corrected chi connectivity index (χ0v) is 15.5. The highest BCUT2D eigenvalue weighted by atomic mass is 32.2. The van der Waals surface area contributed by atoms with Crippen LogP contribution in [0.3, 0.4) is 0 Å². The molecule has 1 N–H and O–H groups in total. The number of nitrogens with zero attached hydrogens (tertiary/aromatic N) is 1. The topological polar surface area (TPSA) is 15.3 Å². The van der Waals surface area contributed by atoms with Crippen LogP contribution < -0.4 is 5.32 Å². The molecule has 0 aliphatic rings. The summed E-state index contributed by atoms with van der Waals surface area (Å²) in [6.07, 6.45) is 0.730. The number of halogens is 3. The molecule has 2 rings (SSSR count). The van der Waals surface area contributed by atoms with Gasteiger partial charge in [-0.15, -0.1) is 11.8 Å². The molecule has 1 atom stereocenters. The first-order chi connectivity index (χ1) is 11.8.